The largest absolute Gasteiger partial charge is 0.315 e. The molecule has 1 N–H and O–H groups in total. The van der Waals surface area contributed by atoms with E-state index < -0.39 is 0 Å². The Kier molecular flexibility index (Phi) is 2.14. The second kappa shape index (κ2) is 3.11. The third kappa shape index (κ3) is 1.57. The maximum absolute atomic E-state index is 3.51. The summed E-state index contributed by atoms with van der Waals surface area (Å²) < 4.78 is 0. The first kappa shape index (κ1) is 7.56. The molecule has 2 bridgehead atoms. The van der Waals surface area contributed by atoms with Gasteiger partial charge in [-0.3, -0.25) is 0 Å². The minimum Gasteiger partial charge on any atom is -0.315 e. The molecule has 0 saturated carbocycles. The topological polar surface area (TPSA) is 15.3 Å². The average molecular weight is 154 g/mol. The number of fused-ring (bicyclic) bond motifs is 2. The van der Waals surface area contributed by atoms with Crippen molar-refractivity contribution in [2.45, 2.75) is 25.3 Å². The lowest BCUT2D eigenvalue weighted by molar-refractivity contribution is 0.152. The molecule has 2 heterocycles. The smallest absolute Gasteiger partial charge is 0.0220 e. The van der Waals surface area contributed by atoms with Crippen molar-refractivity contribution < 1.29 is 0 Å². The van der Waals surface area contributed by atoms with E-state index in [9.17, 15) is 0 Å². The fraction of sp³-hybridized carbons (Fsp3) is 1.00. The first-order valence-corrected chi connectivity index (χ1v) is 4.77. The molecule has 0 aromatic rings. The van der Waals surface area contributed by atoms with E-state index in [1.165, 1.54) is 38.9 Å². The van der Waals surface area contributed by atoms with Crippen molar-refractivity contribution in [2.75, 3.05) is 26.7 Å². The van der Waals surface area contributed by atoms with Gasteiger partial charge in [0.2, 0.25) is 0 Å². The van der Waals surface area contributed by atoms with Crippen LogP contribution in [-0.4, -0.2) is 37.6 Å². The number of hydrogen-bond acceptors (Lipinski definition) is 2. The number of rotatable bonds is 0. The van der Waals surface area contributed by atoms with Crippen LogP contribution in [0.25, 0.3) is 0 Å². The van der Waals surface area contributed by atoms with Crippen molar-refractivity contribution in [3.8, 4) is 0 Å². The number of piperidine rings is 1. The Morgan fingerprint density at radius 1 is 1.36 bits per heavy atom. The van der Waals surface area contributed by atoms with Crippen LogP contribution >= 0.6 is 0 Å². The molecule has 2 saturated heterocycles. The van der Waals surface area contributed by atoms with Gasteiger partial charge in [0.25, 0.3) is 0 Å². The summed E-state index contributed by atoms with van der Waals surface area (Å²) >= 11 is 0. The molecule has 0 aliphatic carbocycles. The normalized spacial score (nSPS) is 40.1. The van der Waals surface area contributed by atoms with E-state index in [-0.39, 0.29) is 0 Å². The van der Waals surface area contributed by atoms with Gasteiger partial charge < -0.3 is 10.2 Å². The molecular weight excluding hydrogens is 136 g/mol. The van der Waals surface area contributed by atoms with Gasteiger partial charge in [-0.25, -0.2) is 0 Å². The number of likely N-dealkylation sites (tertiary alicyclic amines) is 1. The van der Waals surface area contributed by atoms with Gasteiger partial charge in [-0.2, -0.15) is 0 Å². The lowest BCUT2D eigenvalue weighted by Gasteiger charge is -2.34. The van der Waals surface area contributed by atoms with Crippen molar-refractivity contribution in [1.29, 1.82) is 0 Å². The summed E-state index contributed by atoms with van der Waals surface area (Å²) in [5.41, 5.74) is 0. The van der Waals surface area contributed by atoms with Crippen molar-refractivity contribution in [2.24, 2.45) is 5.92 Å². The maximum atomic E-state index is 3.51. The fourth-order valence-electron chi connectivity index (χ4n) is 2.33. The molecule has 0 aromatic heterocycles. The van der Waals surface area contributed by atoms with E-state index in [0.717, 1.165) is 12.0 Å². The maximum Gasteiger partial charge on any atom is 0.0220 e. The van der Waals surface area contributed by atoms with Gasteiger partial charge in [0.15, 0.2) is 0 Å². The van der Waals surface area contributed by atoms with Crippen LogP contribution in [-0.2, 0) is 0 Å². The van der Waals surface area contributed by atoms with E-state index in [2.05, 4.69) is 17.3 Å². The monoisotopic (exact) mass is 154 g/mol. The standard InChI is InChI=1S/C9H18N2/c1-11-5-3-8-2-4-10-7-9(11)6-8/h8-10H,2-7H2,1H3. The summed E-state index contributed by atoms with van der Waals surface area (Å²) in [5, 5.41) is 3.51. The van der Waals surface area contributed by atoms with Crippen LogP contribution in [0.15, 0.2) is 0 Å². The number of likely N-dealkylation sites (N-methyl/N-ethyl adjacent to an activating group) is 1. The highest BCUT2D eigenvalue weighted by Gasteiger charge is 2.27. The highest BCUT2D eigenvalue weighted by molar-refractivity contribution is 4.84. The van der Waals surface area contributed by atoms with Gasteiger partial charge >= 0.3 is 0 Å². The van der Waals surface area contributed by atoms with Crippen LogP contribution < -0.4 is 5.32 Å². The van der Waals surface area contributed by atoms with Crippen LogP contribution in [0.3, 0.4) is 0 Å². The second-order valence-electron chi connectivity index (χ2n) is 4.02. The summed E-state index contributed by atoms with van der Waals surface area (Å²) in [6.07, 6.45) is 4.27. The number of nitrogens with zero attached hydrogens (tertiary/aromatic N) is 1. The minimum atomic E-state index is 0.830. The van der Waals surface area contributed by atoms with Crippen LogP contribution in [0, 0.1) is 5.92 Å². The predicted octanol–water partition coefficient (Wildman–Crippen LogP) is 0.690. The molecule has 0 aromatic carbocycles. The fourth-order valence-corrected chi connectivity index (χ4v) is 2.33. The molecule has 2 heteroatoms. The summed E-state index contributed by atoms with van der Waals surface area (Å²) in [6.45, 7) is 3.78. The lowest BCUT2D eigenvalue weighted by Crippen LogP contribution is -2.42. The summed E-state index contributed by atoms with van der Waals surface area (Å²) in [4.78, 5) is 2.51. The van der Waals surface area contributed by atoms with Gasteiger partial charge in [0.05, 0.1) is 0 Å². The van der Waals surface area contributed by atoms with Crippen molar-refractivity contribution in [3.05, 3.63) is 0 Å². The molecule has 2 nitrogen and oxygen atoms in total. The molecule has 2 aliphatic rings. The molecule has 11 heavy (non-hydrogen) atoms. The summed E-state index contributed by atoms with van der Waals surface area (Å²) in [6, 6.07) is 0.830. The molecular formula is C9H18N2. The van der Waals surface area contributed by atoms with Crippen LogP contribution in [0.4, 0.5) is 0 Å². The highest BCUT2D eigenvalue weighted by Crippen LogP contribution is 2.25. The van der Waals surface area contributed by atoms with Gasteiger partial charge in [0, 0.05) is 12.6 Å². The molecule has 0 radical (unpaired) electrons. The second-order valence-corrected chi connectivity index (χ2v) is 4.02. The lowest BCUT2D eigenvalue weighted by atomic mass is 9.90. The molecule has 2 aliphatic heterocycles. The molecule has 2 rings (SSSR count). The Labute approximate surface area is 69.0 Å². The number of hydrogen-bond donors (Lipinski definition) is 1. The van der Waals surface area contributed by atoms with Crippen molar-refractivity contribution in [3.63, 3.8) is 0 Å². The SMILES string of the molecule is CN1CCC2CCNCC1C2. The van der Waals surface area contributed by atoms with E-state index in [1.54, 1.807) is 0 Å². The third-order valence-corrected chi connectivity index (χ3v) is 3.23. The Bertz CT molecular complexity index is 136. The molecule has 64 valence electrons. The highest BCUT2D eigenvalue weighted by atomic mass is 15.2. The Morgan fingerprint density at radius 3 is 3.18 bits per heavy atom. The van der Waals surface area contributed by atoms with Gasteiger partial charge in [-0.1, -0.05) is 0 Å². The predicted molar refractivity (Wildman–Crippen MR) is 46.6 cm³/mol. The van der Waals surface area contributed by atoms with Gasteiger partial charge in [-0.05, 0) is 45.3 Å². The zero-order chi connectivity index (χ0) is 7.68. The first-order valence-electron chi connectivity index (χ1n) is 4.77. The Hall–Kier alpha value is -0.0800. The van der Waals surface area contributed by atoms with E-state index in [0.29, 0.717) is 0 Å². The van der Waals surface area contributed by atoms with E-state index in [1.807, 2.05) is 0 Å². The van der Waals surface area contributed by atoms with Crippen molar-refractivity contribution >= 4 is 0 Å². The minimum absolute atomic E-state index is 0.830. The Balaban J connectivity index is 2.00. The average Bonchev–Trinajstić information content (AvgIpc) is 2.21. The molecule has 0 amide bonds. The van der Waals surface area contributed by atoms with E-state index in [4.69, 9.17) is 0 Å². The summed E-state index contributed by atoms with van der Waals surface area (Å²) in [5.74, 6) is 1.02. The molecule has 2 fully saturated rings. The quantitative estimate of drug-likeness (QED) is 0.552. The number of nitrogens with one attached hydrogen (secondary N) is 1. The Morgan fingerprint density at radius 2 is 2.27 bits per heavy atom. The summed E-state index contributed by atoms with van der Waals surface area (Å²) in [7, 11) is 2.26. The van der Waals surface area contributed by atoms with Gasteiger partial charge in [-0.15, -0.1) is 0 Å². The van der Waals surface area contributed by atoms with Crippen molar-refractivity contribution in [1.82, 2.24) is 10.2 Å². The van der Waals surface area contributed by atoms with Gasteiger partial charge in [0.1, 0.15) is 0 Å². The van der Waals surface area contributed by atoms with Crippen LogP contribution in [0.1, 0.15) is 19.3 Å². The van der Waals surface area contributed by atoms with Crippen LogP contribution in [0.2, 0.25) is 0 Å². The zero-order valence-corrected chi connectivity index (χ0v) is 7.34. The molecule has 0 spiro atoms. The van der Waals surface area contributed by atoms with Crippen LogP contribution in [0.5, 0.6) is 0 Å². The molecule has 2 atom stereocenters. The first-order chi connectivity index (χ1) is 5.36. The zero-order valence-electron chi connectivity index (χ0n) is 7.34. The van der Waals surface area contributed by atoms with E-state index >= 15 is 0 Å². The third-order valence-electron chi connectivity index (χ3n) is 3.23. The molecule has 2 unspecified atom stereocenters.